The van der Waals surface area contributed by atoms with Crippen molar-refractivity contribution in [3.63, 3.8) is 0 Å². The van der Waals surface area contributed by atoms with Gasteiger partial charge in [0.2, 0.25) is 0 Å². The predicted octanol–water partition coefficient (Wildman–Crippen LogP) is 2.09. The van der Waals surface area contributed by atoms with Crippen molar-refractivity contribution in [2.75, 3.05) is 0 Å². The maximum absolute atomic E-state index is 5.92. The molecule has 5 heteroatoms. The second-order valence-corrected chi connectivity index (χ2v) is 3.64. The lowest BCUT2D eigenvalue weighted by Gasteiger charge is -2.03. The van der Waals surface area contributed by atoms with Crippen LogP contribution < -0.4 is 0 Å². The Morgan fingerprint density at radius 1 is 1.40 bits per heavy atom. The predicted molar refractivity (Wildman–Crippen MR) is 58.6 cm³/mol. The Morgan fingerprint density at radius 3 is 2.80 bits per heavy atom. The summed E-state index contributed by atoms with van der Waals surface area (Å²) in [5.74, 6) is 0.624. The van der Waals surface area contributed by atoms with Crippen molar-refractivity contribution < 1.29 is 0 Å². The van der Waals surface area contributed by atoms with E-state index in [4.69, 9.17) is 11.6 Å². The molecule has 0 spiro atoms. The summed E-state index contributed by atoms with van der Waals surface area (Å²) in [4.78, 5) is 12.6. The van der Waals surface area contributed by atoms with Crippen LogP contribution in [0.3, 0.4) is 0 Å². The molecule has 0 aliphatic rings. The normalized spacial score (nSPS) is 10.6. The van der Waals surface area contributed by atoms with E-state index in [-0.39, 0.29) is 0 Å². The van der Waals surface area contributed by atoms with E-state index in [0.29, 0.717) is 11.0 Å². The summed E-state index contributed by atoms with van der Waals surface area (Å²) in [6.45, 7) is 2.03. The Kier molecular flexibility index (Phi) is 2.68. The van der Waals surface area contributed by atoms with Crippen molar-refractivity contribution in [3.8, 4) is 11.5 Å². The minimum absolute atomic E-state index is 0.470. The molecule has 4 nitrogen and oxygen atoms in total. The molecule has 2 rings (SSSR count). The SMILES string of the molecule is CCc1cc(Cl)nc(-c2cncn2C)n1. The third kappa shape index (κ3) is 1.99. The second kappa shape index (κ2) is 3.98. The van der Waals surface area contributed by atoms with Crippen molar-refractivity contribution >= 4 is 11.6 Å². The Balaban J connectivity index is 2.53. The van der Waals surface area contributed by atoms with E-state index in [1.807, 2.05) is 18.5 Å². The number of imidazole rings is 1. The zero-order chi connectivity index (χ0) is 10.8. The van der Waals surface area contributed by atoms with Gasteiger partial charge in [0.25, 0.3) is 0 Å². The van der Waals surface area contributed by atoms with Crippen LogP contribution in [0.15, 0.2) is 18.6 Å². The number of hydrogen-bond donors (Lipinski definition) is 0. The summed E-state index contributed by atoms with van der Waals surface area (Å²) in [6.07, 6.45) is 4.28. The van der Waals surface area contributed by atoms with Crippen molar-refractivity contribution in [1.29, 1.82) is 0 Å². The van der Waals surface area contributed by atoms with E-state index in [1.54, 1.807) is 18.6 Å². The highest BCUT2D eigenvalue weighted by atomic mass is 35.5. The van der Waals surface area contributed by atoms with Crippen LogP contribution in [0, 0.1) is 0 Å². The summed E-state index contributed by atoms with van der Waals surface area (Å²) in [6, 6.07) is 1.78. The van der Waals surface area contributed by atoms with E-state index < -0.39 is 0 Å². The molecule has 0 aromatic carbocycles. The number of nitrogens with zero attached hydrogens (tertiary/aromatic N) is 4. The van der Waals surface area contributed by atoms with Crippen molar-refractivity contribution in [2.45, 2.75) is 13.3 Å². The Hall–Kier alpha value is -1.42. The summed E-state index contributed by atoms with van der Waals surface area (Å²) in [5.41, 5.74) is 1.80. The summed E-state index contributed by atoms with van der Waals surface area (Å²) in [7, 11) is 1.90. The van der Waals surface area contributed by atoms with Crippen molar-refractivity contribution in [2.24, 2.45) is 7.05 Å². The molecule has 0 amide bonds. The minimum atomic E-state index is 0.470. The van der Waals surface area contributed by atoms with Crippen LogP contribution in [0.4, 0.5) is 0 Å². The second-order valence-electron chi connectivity index (χ2n) is 3.25. The van der Waals surface area contributed by atoms with Gasteiger partial charge in [0.05, 0.1) is 12.5 Å². The first-order chi connectivity index (χ1) is 7.20. The zero-order valence-corrected chi connectivity index (χ0v) is 9.36. The molecule has 0 saturated heterocycles. The fourth-order valence-corrected chi connectivity index (χ4v) is 1.54. The first-order valence-corrected chi connectivity index (χ1v) is 5.08. The van der Waals surface area contributed by atoms with Gasteiger partial charge < -0.3 is 4.57 Å². The van der Waals surface area contributed by atoms with Gasteiger partial charge in [0.1, 0.15) is 10.8 Å². The highest BCUT2D eigenvalue weighted by Gasteiger charge is 2.08. The third-order valence-corrected chi connectivity index (χ3v) is 2.35. The highest BCUT2D eigenvalue weighted by molar-refractivity contribution is 6.29. The topological polar surface area (TPSA) is 43.6 Å². The molecular formula is C10H11ClN4. The van der Waals surface area contributed by atoms with Gasteiger partial charge in [-0.2, -0.15) is 0 Å². The van der Waals surface area contributed by atoms with Crippen LogP contribution in [-0.4, -0.2) is 19.5 Å². The van der Waals surface area contributed by atoms with Gasteiger partial charge in [-0.05, 0) is 12.5 Å². The van der Waals surface area contributed by atoms with E-state index in [9.17, 15) is 0 Å². The molecule has 78 valence electrons. The lowest BCUT2D eigenvalue weighted by atomic mass is 10.3. The number of halogens is 1. The fourth-order valence-electron chi connectivity index (χ4n) is 1.33. The van der Waals surface area contributed by atoms with Crippen LogP contribution >= 0.6 is 11.6 Å². The van der Waals surface area contributed by atoms with Gasteiger partial charge in [-0.25, -0.2) is 15.0 Å². The molecule has 0 bridgehead atoms. The van der Waals surface area contributed by atoms with Crippen LogP contribution in [-0.2, 0) is 13.5 Å². The fraction of sp³-hybridized carbons (Fsp3) is 0.300. The molecule has 0 saturated carbocycles. The molecular weight excluding hydrogens is 212 g/mol. The molecule has 2 aromatic heterocycles. The molecule has 0 N–H and O–H groups in total. The van der Waals surface area contributed by atoms with Crippen molar-refractivity contribution in [1.82, 2.24) is 19.5 Å². The van der Waals surface area contributed by atoms with E-state index in [1.165, 1.54) is 0 Å². The zero-order valence-electron chi connectivity index (χ0n) is 8.61. The number of aromatic nitrogens is 4. The molecule has 0 aliphatic heterocycles. The number of aryl methyl sites for hydroxylation is 2. The van der Waals surface area contributed by atoms with Crippen LogP contribution in [0.5, 0.6) is 0 Å². The third-order valence-electron chi connectivity index (χ3n) is 2.16. The lowest BCUT2D eigenvalue weighted by molar-refractivity contribution is 0.900. The highest BCUT2D eigenvalue weighted by Crippen LogP contribution is 2.17. The van der Waals surface area contributed by atoms with Gasteiger partial charge >= 0.3 is 0 Å². The molecule has 15 heavy (non-hydrogen) atoms. The molecule has 0 radical (unpaired) electrons. The van der Waals surface area contributed by atoms with E-state index in [2.05, 4.69) is 15.0 Å². The quantitative estimate of drug-likeness (QED) is 0.731. The van der Waals surface area contributed by atoms with Gasteiger partial charge in [-0.3, -0.25) is 0 Å². The average Bonchev–Trinajstić information content (AvgIpc) is 2.63. The standard InChI is InChI=1S/C10H11ClN4/c1-3-7-4-9(11)14-10(13-7)8-5-12-6-15(8)2/h4-6H,3H2,1-2H3. The Morgan fingerprint density at radius 2 is 2.20 bits per heavy atom. The minimum Gasteiger partial charge on any atom is -0.331 e. The van der Waals surface area contributed by atoms with Crippen LogP contribution in [0.25, 0.3) is 11.5 Å². The van der Waals surface area contributed by atoms with Gasteiger partial charge in [-0.1, -0.05) is 18.5 Å². The first kappa shape index (κ1) is 10.1. The maximum Gasteiger partial charge on any atom is 0.179 e. The summed E-state index contributed by atoms with van der Waals surface area (Å²) in [5, 5.41) is 0.470. The molecule has 2 heterocycles. The summed E-state index contributed by atoms with van der Waals surface area (Å²) >= 11 is 5.92. The monoisotopic (exact) mass is 222 g/mol. The molecule has 0 fully saturated rings. The summed E-state index contributed by atoms with van der Waals surface area (Å²) < 4.78 is 1.87. The number of hydrogen-bond acceptors (Lipinski definition) is 3. The Labute approximate surface area is 93.0 Å². The molecule has 0 aliphatic carbocycles. The smallest absolute Gasteiger partial charge is 0.179 e. The lowest BCUT2D eigenvalue weighted by Crippen LogP contribution is -1.98. The van der Waals surface area contributed by atoms with Gasteiger partial charge in [0.15, 0.2) is 5.82 Å². The first-order valence-electron chi connectivity index (χ1n) is 4.71. The Bertz CT molecular complexity index is 478. The van der Waals surface area contributed by atoms with Gasteiger partial charge in [0, 0.05) is 12.7 Å². The molecule has 0 atom stereocenters. The largest absolute Gasteiger partial charge is 0.331 e. The maximum atomic E-state index is 5.92. The molecule has 0 unspecified atom stereocenters. The van der Waals surface area contributed by atoms with Crippen LogP contribution in [0.2, 0.25) is 5.15 Å². The molecule has 2 aromatic rings. The van der Waals surface area contributed by atoms with E-state index in [0.717, 1.165) is 17.8 Å². The number of rotatable bonds is 2. The van der Waals surface area contributed by atoms with Gasteiger partial charge in [-0.15, -0.1) is 0 Å². The van der Waals surface area contributed by atoms with E-state index >= 15 is 0 Å². The van der Waals surface area contributed by atoms with Crippen molar-refractivity contribution in [3.05, 3.63) is 29.4 Å². The average molecular weight is 223 g/mol. The van der Waals surface area contributed by atoms with Crippen LogP contribution in [0.1, 0.15) is 12.6 Å².